The first-order chi connectivity index (χ1) is 14.4. The van der Waals surface area contributed by atoms with Gasteiger partial charge in [0.05, 0.1) is 0 Å². The summed E-state index contributed by atoms with van der Waals surface area (Å²) < 4.78 is 12.8. The van der Waals surface area contributed by atoms with Crippen LogP contribution >= 0.6 is 0 Å². The van der Waals surface area contributed by atoms with E-state index in [1.165, 1.54) is 57.4 Å². The molecule has 0 atom stereocenters. The SMILES string of the molecule is CCC[CH2][Sn]([CH2]CCC)([CH2]CCC)/[C](=C\[Si](C)(C)C)COC/C=C/c1ccccc1. The van der Waals surface area contributed by atoms with Crippen LogP contribution in [0.2, 0.25) is 33.0 Å². The Kier molecular flexibility index (Phi) is 14.3. The molecule has 0 aliphatic heterocycles. The van der Waals surface area contributed by atoms with Crippen LogP contribution in [-0.2, 0) is 4.74 Å². The van der Waals surface area contributed by atoms with E-state index < -0.39 is 26.5 Å². The van der Waals surface area contributed by atoms with Gasteiger partial charge in [-0.15, -0.1) is 0 Å². The Morgan fingerprint density at radius 1 is 0.867 bits per heavy atom. The molecule has 1 aromatic carbocycles. The van der Waals surface area contributed by atoms with Gasteiger partial charge < -0.3 is 0 Å². The summed E-state index contributed by atoms with van der Waals surface area (Å²) in [5.74, 6) is 0. The Morgan fingerprint density at radius 2 is 1.40 bits per heavy atom. The predicted octanol–water partition coefficient (Wildman–Crippen LogP) is 8.91. The summed E-state index contributed by atoms with van der Waals surface area (Å²) >= 11 is -2.40. The van der Waals surface area contributed by atoms with Gasteiger partial charge in [0.1, 0.15) is 0 Å². The summed E-state index contributed by atoms with van der Waals surface area (Å²) in [6, 6.07) is 10.5. The van der Waals surface area contributed by atoms with Crippen molar-refractivity contribution in [1.82, 2.24) is 0 Å². The quantitative estimate of drug-likeness (QED) is 0.152. The number of ether oxygens (including phenoxy) is 1. The monoisotopic (exact) mass is 536 g/mol. The fraction of sp³-hybridized carbons (Fsp3) is 0.630. The summed E-state index contributed by atoms with van der Waals surface area (Å²) in [6.45, 7) is 16.2. The van der Waals surface area contributed by atoms with Crippen LogP contribution in [0.3, 0.4) is 0 Å². The number of unbranched alkanes of at least 4 members (excludes halogenated alkanes) is 3. The van der Waals surface area contributed by atoms with Crippen molar-refractivity contribution >= 4 is 32.5 Å². The molecular formula is C27H48OSiSn. The zero-order valence-corrected chi connectivity index (χ0v) is 24.7. The van der Waals surface area contributed by atoms with Crippen molar-refractivity contribution < 1.29 is 4.74 Å². The molecule has 30 heavy (non-hydrogen) atoms. The van der Waals surface area contributed by atoms with Crippen LogP contribution in [0.4, 0.5) is 0 Å². The molecule has 0 fully saturated rings. The van der Waals surface area contributed by atoms with Crippen molar-refractivity contribution in [1.29, 1.82) is 0 Å². The van der Waals surface area contributed by atoms with Crippen molar-refractivity contribution in [2.24, 2.45) is 0 Å². The van der Waals surface area contributed by atoms with Gasteiger partial charge in [-0.25, -0.2) is 0 Å². The number of benzene rings is 1. The topological polar surface area (TPSA) is 9.23 Å². The van der Waals surface area contributed by atoms with Crippen molar-refractivity contribution in [3.63, 3.8) is 0 Å². The third-order valence-electron chi connectivity index (χ3n) is 5.90. The van der Waals surface area contributed by atoms with E-state index in [9.17, 15) is 0 Å². The van der Waals surface area contributed by atoms with E-state index in [0.29, 0.717) is 0 Å². The zero-order chi connectivity index (χ0) is 22.3. The van der Waals surface area contributed by atoms with Gasteiger partial charge in [-0.3, -0.25) is 0 Å². The predicted molar refractivity (Wildman–Crippen MR) is 143 cm³/mol. The van der Waals surface area contributed by atoms with Gasteiger partial charge in [-0.1, -0.05) is 0 Å². The first kappa shape index (κ1) is 27.7. The third kappa shape index (κ3) is 11.3. The van der Waals surface area contributed by atoms with Gasteiger partial charge in [0.25, 0.3) is 0 Å². The molecular weight excluding hydrogens is 487 g/mol. The Bertz CT molecular complexity index is 594. The summed E-state index contributed by atoms with van der Waals surface area (Å²) in [6.07, 6.45) is 12.6. The molecule has 1 nitrogen and oxygen atoms in total. The van der Waals surface area contributed by atoms with E-state index >= 15 is 0 Å². The molecule has 3 heteroatoms. The number of rotatable bonds is 16. The van der Waals surface area contributed by atoms with E-state index in [0.717, 1.165) is 13.2 Å². The van der Waals surface area contributed by atoms with Crippen molar-refractivity contribution in [3.8, 4) is 0 Å². The average Bonchev–Trinajstić information content (AvgIpc) is 2.72. The molecule has 0 N–H and O–H groups in total. The van der Waals surface area contributed by atoms with E-state index in [1.807, 2.05) is 3.59 Å². The van der Waals surface area contributed by atoms with E-state index in [4.69, 9.17) is 4.74 Å². The average molecular weight is 535 g/mol. The molecule has 1 aromatic rings. The Balaban J connectivity index is 3.00. The fourth-order valence-corrected chi connectivity index (χ4v) is 26.9. The standard InChI is InChI=1S/C15H21OSi.3C4H9.Sn/c1-17(2,3)14-8-13-16-12-7-11-15-9-5-4-6-10-15;3*1-3-4-2;/h4-7,9-11,14H,12-13H2,1-3H3;3*1,3-4H2,2H3;/b11-7+,14-8?;;;;. The Morgan fingerprint density at radius 3 is 1.87 bits per heavy atom. The van der Waals surface area contributed by atoms with Gasteiger partial charge in [0.15, 0.2) is 0 Å². The normalized spacial score (nSPS) is 13.3. The maximum atomic E-state index is 6.33. The maximum absolute atomic E-state index is 6.33. The van der Waals surface area contributed by atoms with Gasteiger partial charge in [0.2, 0.25) is 0 Å². The number of hydrogen-bond acceptors (Lipinski definition) is 1. The van der Waals surface area contributed by atoms with Crippen molar-refractivity contribution in [2.75, 3.05) is 13.2 Å². The Hall–Kier alpha value is -0.324. The molecule has 0 heterocycles. The van der Waals surface area contributed by atoms with Crippen LogP contribution in [-0.4, -0.2) is 39.7 Å². The van der Waals surface area contributed by atoms with Crippen LogP contribution in [0, 0.1) is 0 Å². The second-order valence-corrected chi connectivity index (χ2v) is 28.4. The van der Waals surface area contributed by atoms with Crippen LogP contribution in [0.1, 0.15) is 64.9 Å². The second-order valence-electron chi connectivity index (χ2n) is 9.95. The van der Waals surface area contributed by atoms with Crippen molar-refractivity contribution in [3.05, 3.63) is 51.3 Å². The molecule has 0 amide bonds. The fourth-order valence-electron chi connectivity index (χ4n) is 4.26. The molecule has 0 unspecified atom stereocenters. The van der Waals surface area contributed by atoms with E-state index in [2.05, 4.69) is 88.6 Å². The first-order valence-corrected chi connectivity index (χ1v) is 23.4. The molecule has 0 bridgehead atoms. The summed E-state index contributed by atoms with van der Waals surface area (Å²) in [7, 11) is -1.28. The van der Waals surface area contributed by atoms with E-state index in [1.54, 1.807) is 0 Å². The minimum atomic E-state index is -2.40. The second kappa shape index (κ2) is 15.5. The summed E-state index contributed by atoms with van der Waals surface area (Å²) in [5, 5.41) is 0. The molecule has 0 aromatic heterocycles. The van der Waals surface area contributed by atoms with Gasteiger partial charge in [-0.05, 0) is 0 Å². The molecule has 170 valence electrons. The number of hydrogen-bond donors (Lipinski definition) is 0. The van der Waals surface area contributed by atoms with Crippen molar-refractivity contribution in [2.45, 2.75) is 92.2 Å². The van der Waals surface area contributed by atoms with Crippen LogP contribution in [0.5, 0.6) is 0 Å². The molecule has 0 saturated heterocycles. The summed E-state index contributed by atoms with van der Waals surface area (Å²) in [5.41, 5.74) is 4.02. The van der Waals surface area contributed by atoms with Gasteiger partial charge in [0, 0.05) is 0 Å². The van der Waals surface area contributed by atoms with Crippen LogP contribution in [0.15, 0.2) is 45.7 Å². The molecule has 0 aliphatic carbocycles. The van der Waals surface area contributed by atoms with E-state index in [-0.39, 0.29) is 0 Å². The first-order valence-electron chi connectivity index (χ1n) is 12.4. The third-order valence-corrected chi connectivity index (χ3v) is 23.9. The van der Waals surface area contributed by atoms with Gasteiger partial charge >= 0.3 is 194 Å². The molecule has 0 saturated carbocycles. The van der Waals surface area contributed by atoms with Crippen LogP contribution < -0.4 is 0 Å². The minimum absolute atomic E-state index is 0.717. The molecule has 0 radical (unpaired) electrons. The van der Waals surface area contributed by atoms with Crippen LogP contribution in [0.25, 0.3) is 6.08 Å². The van der Waals surface area contributed by atoms with Gasteiger partial charge in [-0.2, -0.15) is 0 Å². The summed E-state index contributed by atoms with van der Waals surface area (Å²) in [4.78, 5) is 0. The zero-order valence-electron chi connectivity index (χ0n) is 20.8. The molecule has 0 aliphatic rings. The molecule has 0 spiro atoms. The Labute approximate surface area is 193 Å². The molecule has 1 rings (SSSR count).